The number of hydrogen-bond acceptors (Lipinski definition) is 5. The Labute approximate surface area is 109 Å². The molecular weight excluding hydrogens is 228 g/mol. The Morgan fingerprint density at radius 3 is 2.50 bits per heavy atom. The lowest BCUT2D eigenvalue weighted by molar-refractivity contribution is 0.0845. The highest BCUT2D eigenvalue weighted by Crippen LogP contribution is 2.20. The van der Waals surface area contributed by atoms with Crippen LogP contribution in [0, 0.1) is 13.8 Å². The maximum atomic E-state index is 5.81. The van der Waals surface area contributed by atoms with Crippen LogP contribution in [0.5, 0.6) is 0 Å². The van der Waals surface area contributed by atoms with Gasteiger partial charge in [-0.3, -0.25) is 0 Å². The Morgan fingerprint density at radius 1 is 1.28 bits per heavy atom. The Morgan fingerprint density at radius 2 is 1.94 bits per heavy atom. The maximum Gasteiger partial charge on any atom is 0.155 e. The van der Waals surface area contributed by atoms with Crippen LogP contribution in [0.3, 0.4) is 0 Å². The zero-order valence-corrected chi connectivity index (χ0v) is 12.0. The third-order valence-electron chi connectivity index (χ3n) is 3.00. The van der Waals surface area contributed by atoms with Gasteiger partial charge in [-0.2, -0.15) is 5.10 Å². The van der Waals surface area contributed by atoms with Crippen molar-refractivity contribution in [1.82, 2.24) is 10.2 Å². The van der Waals surface area contributed by atoms with Gasteiger partial charge in [0, 0.05) is 25.7 Å². The molecule has 0 aliphatic carbocycles. The van der Waals surface area contributed by atoms with Crippen molar-refractivity contribution in [2.75, 3.05) is 25.1 Å². The monoisotopic (exact) mass is 252 g/mol. The van der Waals surface area contributed by atoms with Crippen LogP contribution in [-0.4, -0.2) is 36.5 Å². The minimum atomic E-state index is 0.248. The van der Waals surface area contributed by atoms with Gasteiger partial charge in [0.25, 0.3) is 0 Å². The molecule has 0 atom stereocenters. The molecule has 0 aliphatic heterocycles. The van der Waals surface area contributed by atoms with Crippen molar-refractivity contribution in [3.63, 3.8) is 0 Å². The van der Waals surface area contributed by atoms with Gasteiger partial charge in [0.2, 0.25) is 0 Å². The number of nitrogens with zero attached hydrogens (tertiary/aromatic N) is 3. The second-order valence-corrected chi connectivity index (χ2v) is 4.76. The molecule has 0 radical (unpaired) electrons. The number of ether oxygens (including phenoxy) is 1. The molecule has 0 saturated heterocycles. The van der Waals surface area contributed by atoms with Gasteiger partial charge < -0.3 is 15.4 Å². The van der Waals surface area contributed by atoms with Crippen LogP contribution in [0.2, 0.25) is 0 Å². The minimum absolute atomic E-state index is 0.248. The van der Waals surface area contributed by atoms with Gasteiger partial charge in [-0.25, -0.2) is 0 Å². The first-order valence-electron chi connectivity index (χ1n) is 6.33. The molecule has 0 aliphatic rings. The second kappa shape index (κ2) is 6.66. The highest BCUT2D eigenvalue weighted by atomic mass is 16.5. The van der Waals surface area contributed by atoms with Crippen molar-refractivity contribution in [1.29, 1.82) is 0 Å². The molecular formula is C13H24N4O. The van der Waals surface area contributed by atoms with Gasteiger partial charge in [-0.1, -0.05) is 0 Å². The average Bonchev–Trinajstić information content (AvgIpc) is 2.31. The lowest BCUT2D eigenvalue weighted by atomic mass is 10.1. The van der Waals surface area contributed by atoms with Gasteiger partial charge >= 0.3 is 0 Å². The van der Waals surface area contributed by atoms with Crippen molar-refractivity contribution in [2.45, 2.75) is 40.3 Å². The third kappa shape index (κ3) is 3.65. The number of aryl methyl sites for hydroxylation is 1. The predicted octanol–water partition coefficient (Wildman–Crippen LogP) is 1.41. The number of anilines is 1. The maximum absolute atomic E-state index is 5.81. The van der Waals surface area contributed by atoms with Crippen molar-refractivity contribution < 1.29 is 4.74 Å². The minimum Gasteiger partial charge on any atom is -0.377 e. The van der Waals surface area contributed by atoms with Crippen molar-refractivity contribution in [2.24, 2.45) is 5.73 Å². The first-order chi connectivity index (χ1) is 8.47. The van der Waals surface area contributed by atoms with E-state index in [-0.39, 0.29) is 6.10 Å². The summed E-state index contributed by atoms with van der Waals surface area (Å²) in [6, 6.07) is 0. The summed E-state index contributed by atoms with van der Waals surface area (Å²) >= 11 is 0. The van der Waals surface area contributed by atoms with Crippen molar-refractivity contribution in [3.8, 4) is 0 Å². The average molecular weight is 252 g/mol. The van der Waals surface area contributed by atoms with Gasteiger partial charge in [0.15, 0.2) is 5.82 Å². The van der Waals surface area contributed by atoms with Crippen LogP contribution in [-0.2, 0) is 11.3 Å². The molecule has 5 heteroatoms. The molecule has 5 nitrogen and oxygen atoms in total. The number of likely N-dealkylation sites (N-methyl/N-ethyl adjacent to an activating group) is 1. The number of rotatable bonds is 6. The molecule has 102 valence electrons. The molecule has 1 heterocycles. The van der Waals surface area contributed by atoms with Crippen LogP contribution in [0.4, 0.5) is 5.82 Å². The number of nitrogens with two attached hydrogens (primary N) is 1. The lowest BCUT2D eigenvalue weighted by Gasteiger charge is -2.22. The van der Waals surface area contributed by atoms with Gasteiger partial charge in [-0.05, 0) is 33.3 Å². The first-order valence-corrected chi connectivity index (χ1v) is 6.33. The normalized spacial score (nSPS) is 11.1. The van der Waals surface area contributed by atoms with Crippen LogP contribution >= 0.6 is 0 Å². The smallest absolute Gasteiger partial charge is 0.155 e. The van der Waals surface area contributed by atoms with Crippen LogP contribution < -0.4 is 10.6 Å². The molecule has 0 amide bonds. The van der Waals surface area contributed by atoms with E-state index < -0.39 is 0 Å². The molecule has 0 spiro atoms. The van der Waals surface area contributed by atoms with E-state index in [1.54, 1.807) is 0 Å². The van der Waals surface area contributed by atoms with E-state index in [1.165, 1.54) is 0 Å². The zero-order valence-electron chi connectivity index (χ0n) is 12.0. The Bertz CT molecular complexity index is 393. The van der Waals surface area contributed by atoms with Gasteiger partial charge in [0.1, 0.15) is 0 Å². The fourth-order valence-corrected chi connectivity index (χ4v) is 1.73. The molecule has 0 bridgehead atoms. The summed E-state index contributed by atoms with van der Waals surface area (Å²) < 4.78 is 5.54. The summed E-state index contributed by atoms with van der Waals surface area (Å²) in [5, 5.41) is 8.41. The van der Waals surface area contributed by atoms with E-state index in [1.807, 2.05) is 39.6 Å². The van der Waals surface area contributed by atoms with E-state index in [2.05, 4.69) is 10.2 Å². The summed E-state index contributed by atoms with van der Waals surface area (Å²) in [6.45, 7) is 9.98. The Balaban J connectivity index is 2.79. The molecule has 0 unspecified atom stereocenters. The van der Waals surface area contributed by atoms with Crippen LogP contribution in [0.25, 0.3) is 0 Å². The molecule has 2 N–H and O–H groups in total. The fourth-order valence-electron chi connectivity index (χ4n) is 1.73. The fraction of sp³-hybridized carbons (Fsp3) is 0.692. The van der Waals surface area contributed by atoms with Crippen LogP contribution in [0.1, 0.15) is 30.7 Å². The lowest BCUT2D eigenvalue weighted by Crippen LogP contribution is -2.27. The number of aromatic nitrogens is 2. The molecule has 0 fully saturated rings. The summed E-state index contributed by atoms with van der Waals surface area (Å²) in [4.78, 5) is 2.05. The van der Waals surface area contributed by atoms with Crippen molar-refractivity contribution >= 4 is 5.82 Å². The van der Waals surface area contributed by atoms with E-state index in [4.69, 9.17) is 10.5 Å². The Hall–Kier alpha value is -1.20. The summed E-state index contributed by atoms with van der Waals surface area (Å²) in [5.74, 6) is 0.855. The first kappa shape index (κ1) is 14.9. The van der Waals surface area contributed by atoms with Crippen molar-refractivity contribution in [3.05, 3.63) is 16.8 Å². The molecule has 0 aromatic carbocycles. The predicted molar refractivity (Wildman–Crippen MR) is 73.8 cm³/mol. The topological polar surface area (TPSA) is 64.3 Å². The standard InChI is InChI=1S/C13H24N4O/c1-9(2)18-7-6-17(5)13-12(8-14)10(3)11(4)15-16-13/h9H,6-8,14H2,1-5H3. The van der Waals surface area contributed by atoms with Crippen LogP contribution in [0.15, 0.2) is 0 Å². The SMILES string of the molecule is Cc1nnc(N(C)CCOC(C)C)c(CN)c1C. The largest absolute Gasteiger partial charge is 0.377 e. The molecule has 1 aromatic heterocycles. The van der Waals surface area contributed by atoms with Gasteiger partial charge in [-0.15, -0.1) is 5.10 Å². The molecule has 0 saturated carbocycles. The molecule has 1 rings (SSSR count). The van der Waals surface area contributed by atoms with E-state index in [9.17, 15) is 0 Å². The zero-order chi connectivity index (χ0) is 13.7. The quantitative estimate of drug-likeness (QED) is 0.829. The van der Waals surface area contributed by atoms with E-state index in [0.29, 0.717) is 13.2 Å². The highest BCUT2D eigenvalue weighted by molar-refractivity contribution is 5.50. The highest BCUT2D eigenvalue weighted by Gasteiger charge is 2.13. The summed E-state index contributed by atoms with van der Waals surface area (Å²) in [7, 11) is 1.99. The molecule has 18 heavy (non-hydrogen) atoms. The van der Waals surface area contributed by atoms with E-state index >= 15 is 0 Å². The second-order valence-electron chi connectivity index (χ2n) is 4.76. The third-order valence-corrected chi connectivity index (χ3v) is 3.00. The summed E-state index contributed by atoms with van der Waals surface area (Å²) in [6.07, 6.45) is 0.248. The summed E-state index contributed by atoms with van der Waals surface area (Å²) in [5.41, 5.74) is 8.93. The molecule has 1 aromatic rings. The number of hydrogen-bond donors (Lipinski definition) is 1. The van der Waals surface area contributed by atoms with E-state index in [0.717, 1.165) is 29.2 Å². The Kier molecular flexibility index (Phi) is 5.50. The van der Waals surface area contributed by atoms with Gasteiger partial charge in [0.05, 0.1) is 18.4 Å².